The summed E-state index contributed by atoms with van der Waals surface area (Å²) in [5, 5.41) is 6.94. The first-order chi connectivity index (χ1) is 10.1. The first-order valence-corrected chi connectivity index (χ1v) is 7.82. The van der Waals surface area contributed by atoms with Crippen LogP contribution in [0.5, 0.6) is 0 Å². The van der Waals surface area contributed by atoms with E-state index >= 15 is 0 Å². The van der Waals surface area contributed by atoms with Crippen LogP contribution in [-0.4, -0.2) is 35.7 Å². The SMILES string of the molecule is CCN(/N=C(\C)C(=O)N(C)C(C)(C)C)c1cc(C)cc(Cl)c1. The fourth-order valence-electron chi connectivity index (χ4n) is 1.95. The zero-order valence-corrected chi connectivity index (χ0v) is 15.3. The highest BCUT2D eigenvalue weighted by Crippen LogP contribution is 2.22. The molecule has 0 atom stereocenters. The second kappa shape index (κ2) is 7.14. The van der Waals surface area contributed by atoms with Crippen LogP contribution in [0.25, 0.3) is 0 Å². The Labute approximate surface area is 138 Å². The normalized spacial score (nSPS) is 12.3. The van der Waals surface area contributed by atoms with Gasteiger partial charge in [-0.05, 0) is 65.3 Å². The Balaban J connectivity index is 3.08. The molecule has 0 fully saturated rings. The average molecular weight is 324 g/mol. The van der Waals surface area contributed by atoms with E-state index in [4.69, 9.17) is 11.6 Å². The second-order valence-corrected chi connectivity index (χ2v) is 6.86. The average Bonchev–Trinajstić information content (AvgIpc) is 2.40. The van der Waals surface area contributed by atoms with E-state index in [0.717, 1.165) is 11.3 Å². The molecule has 1 rings (SSSR count). The minimum atomic E-state index is -0.239. The van der Waals surface area contributed by atoms with Crippen LogP contribution in [0.1, 0.15) is 40.2 Å². The number of rotatable bonds is 4. The van der Waals surface area contributed by atoms with Gasteiger partial charge in [-0.25, -0.2) is 0 Å². The molecule has 0 saturated heterocycles. The molecule has 22 heavy (non-hydrogen) atoms. The number of aryl methyl sites for hydroxylation is 1. The van der Waals surface area contributed by atoms with E-state index in [2.05, 4.69) is 5.10 Å². The maximum absolute atomic E-state index is 12.4. The molecule has 0 aliphatic rings. The number of hydrazone groups is 1. The lowest BCUT2D eigenvalue weighted by Crippen LogP contribution is -2.45. The molecule has 1 aromatic rings. The van der Waals surface area contributed by atoms with Crippen LogP contribution in [0, 0.1) is 6.92 Å². The highest BCUT2D eigenvalue weighted by molar-refractivity contribution is 6.38. The molecule has 0 unspecified atom stereocenters. The first kappa shape index (κ1) is 18.5. The van der Waals surface area contributed by atoms with Crippen molar-refractivity contribution in [2.45, 2.75) is 47.1 Å². The lowest BCUT2D eigenvalue weighted by atomic mass is 10.1. The Kier molecular flexibility index (Phi) is 6.00. The number of halogens is 1. The van der Waals surface area contributed by atoms with Crippen molar-refractivity contribution in [1.29, 1.82) is 0 Å². The van der Waals surface area contributed by atoms with Crippen LogP contribution in [0.15, 0.2) is 23.3 Å². The van der Waals surface area contributed by atoms with Crippen LogP contribution in [0.3, 0.4) is 0 Å². The van der Waals surface area contributed by atoms with E-state index in [9.17, 15) is 4.79 Å². The lowest BCUT2D eigenvalue weighted by Gasteiger charge is -2.32. The quantitative estimate of drug-likeness (QED) is 0.617. The molecule has 0 bridgehead atoms. The van der Waals surface area contributed by atoms with Gasteiger partial charge in [-0.1, -0.05) is 11.6 Å². The molecule has 4 nitrogen and oxygen atoms in total. The zero-order chi connectivity index (χ0) is 17.1. The van der Waals surface area contributed by atoms with Gasteiger partial charge in [0.2, 0.25) is 0 Å². The van der Waals surface area contributed by atoms with Gasteiger partial charge in [0.05, 0.1) is 5.69 Å². The number of hydrogen-bond acceptors (Lipinski definition) is 3. The minimum absolute atomic E-state index is 0.0790. The zero-order valence-electron chi connectivity index (χ0n) is 14.6. The van der Waals surface area contributed by atoms with Crippen molar-refractivity contribution in [1.82, 2.24) is 4.90 Å². The Morgan fingerprint density at radius 2 is 1.86 bits per heavy atom. The van der Waals surface area contributed by atoms with E-state index in [1.54, 1.807) is 23.9 Å². The topological polar surface area (TPSA) is 35.9 Å². The standard InChI is InChI=1S/C17H26ClN3O/c1-8-21(15-10-12(2)9-14(18)11-15)19-13(3)16(22)20(7)17(4,5)6/h9-11H,8H2,1-7H3/b19-13+. The van der Waals surface area contributed by atoms with Gasteiger partial charge in [-0.3, -0.25) is 9.80 Å². The highest BCUT2D eigenvalue weighted by Gasteiger charge is 2.24. The summed E-state index contributed by atoms with van der Waals surface area (Å²) in [4.78, 5) is 14.1. The predicted octanol–water partition coefficient (Wildman–Crippen LogP) is 4.11. The third kappa shape index (κ3) is 4.73. The van der Waals surface area contributed by atoms with Crippen molar-refractivity contribution in [3.05, 3.63) is 28.8 Å². The summed E-state index contributed by atoms with van der Waals surface area (Å²) in [5.74, 6) is -0.0790. The number of benzene rings is 1. The Hall–Kier alpha value is -1.55. The maximum atomic E-state index is 12.4. The van der Waals surface area contributed by atoms with Crippen molar-refractivity contribution in [3.63, 3.8) is 0 Å². The van der Waals surface area contributed by atoms with Crippen LogP contribution in [0.2, 0.25) is 5.02 Å². The molecule has 5 heteroatoms. The molecule has 0 N–H and O–H groups in total. The fraction of sp³-hybridized carbons (Fsp3) is 0.529. The molecular weight excluding hydrogens is 298 g/mol. The molecule has 122 valence electrons. The Bertz CT molecular complexity index is 556. The smallest absolute Gasteiger partial charge is 0.269 e. The van der Waals surface area contributed by atoms with Crippen molar-refractivity contribution in [3.8, 4) is 0 Å². The molecule has 0 radical (unpaired) electrons. The molecule has 0 heterocycles. The number of carbonyl (C=O) groups is 1. The van der Waals surface area contributed by atoms with E-state index in [-0.39, 0.29) is 11.4 Å². The third-order valence-corrected chi connectivity index (χ3v) is 3.73. The number of anilines is 1. The van der Waals surface area contributed by atoms with Gasteiger partial charge >= 0.3 is 0 Å². The Morgan fingerprint density at radius 3 is 2.32 bits per heavy atom. The summed E-state index contributed by atoms with van der Waals surface area (Å²) in [7, 11) is 1.79. The van der Waals surface area contributed by atoms with Gasteiger partial charge in [0.1, 0.15) is 5.71 Å². The summed E-state index contributed by atoms with van der Waals surface area (Å²) >= 11 is 6.11. The van der Waals surface area contributed by atoms with Gasteiger partial charge in [0, 0.05) is 24.2 Å². The monoisotopic (exact) mass is 323 g/mol. The van der Waals surface area contributed by atoms with E-state index in [0.29, 0.717) is 17.3 Å². The molecule has 0 spiro atoms. The Morgan fingerprint density at radius 1 is 1.27 bits per heavy atom. The minimum Gasteiger partial charge on any atom is -0.336 e. The molecule has 0 aromatic heterocycles. The van der Waals surface area contributed by atoms with Gasteiger partial charge in [-0.2, -0.15) is 5.10 Å². The second-order valence-electron chi connectivity index (χ2n) is 6.42. The molecule has 0 aliphatic heterocycles. The van der Waals surface area contributed by atoms with Gasteiger partial charge in [0.15, 0.2) is 0 Å². The van der Waals surface area contributed by atoms with E-state index in [1.807, 2.05) is 52.8 Å². The number of hydrogen-bond donors (Lipinski definition) is 0. The molecule has 0 aliphatic carbocycles. The highest BCUT2D eigenvalue weighted by atomic mass is 35.5. The van der Waals surface area contributed by atoms with Crippen LogP contribution < -0.4 is 5.01 Å². The molecule has 1 aromatic carbocycles. The number of nitrogens with zero attached hydrogens (tertiary/aromatic N) is 3. The van der Waals surface area contributed by atoms with Crippen molar-refractivity contribution in [2.75, 3.05) is 18.6 Å². The summed E-state index contributed by atoms with van der Waals surface area (Å²) in [6.45, 7) is 12.4. The van der Waals surface area contributed by atoms with Crippen LogP contribution in [-0.2, 0) is 4.79 Å². The summed E-state index contributed by atoms with van der Waals surface area (Å²) in [6, 6.07) is 5.75. The van der Waals surface area contributed by atoms with Crippen molar-refractivity contribution < 1.29 is 4.79 Å². The van der Waals surface area contributed by atoms with Gasteiger partial charge in [-0.15, -0.1) is 0 Å². The summed E-state index contributed by atoms with van der Waals surface area (Å²) < 4.78 is 0. The van der Waals surface area contributed by atoms with Crippen LogP contribution >= 0.6 is 11.6 Å². The van der Waals surface area contributed by atoms with Crippen LogP contribution in [0.4, 0.5) is 5.69 Å². The predicted molar refractivity (Wildman–Crippen MR) is 94.8 cm³/mol. The largest absolute Gasteiger partial charge is 0.336 e. The van der Waals surface area contributed by atoms with Gasteiger partial charge in [0.25, 0.3) is 5.91 Å². The number of amides is 1. The fourth-order valence-corrected chi connectivity index (χ4v) is 2.23. The summed E-state index contributed by atoms with van der Waals surface area (Å²) in [6.07, 6.45) is 0. The van der Waals surface area contributed by atoms with E-state index in [1.165, 1.54) is 0 Å². The number of carbonyl (C=O) groups excluding carboxylic acids is 1. The van der Waals surface area contributed by atoms with Crippen molar-refractivity contribution >= 4 is 28.9 Å². The molecule has 0 saturated carbocycles. The van der Waals surface area contributed by atoms with Gasteiger partial charge < -0.3 is 4.90 Å². The van der Waals surface area contributed by atoms with Crippen molar-refractivity contribution in [2.24, 2.45) is 5.10 Å². The molecule has 1 amide bonds. The van der Waals surface area contributed by atoms with E-state index < -0.39 is 0 Å². The maximum Gasteiger partial charge on any atom is 0.269 e. The third-order valence-electron chi connectivity index (χ3n) is 3.52. The summed E-state index contributed by atoms with van der Waals surface area (Å²) in [5.41, 5.74) is 2.17. The first-order valence-electron chi connectivity index (χ1n) is 7.44. The molecular formula is C17H26ClN3O. The lowest BCUT2D eigenvalue weighted by molar-refractivity contribution is -0.126.